The number of rotatable bonds is 7. The predicted molar refractivity (Wildman–Crippen MR) is 76.3 cm³/mol. The van der Waals surface area contributed by atoms with E-state index in [9.17, 15) is 0 Å². The second-order valence-electron chi connectivity index (χ2n) is 5.28. The average Bonchev–Trinajstić information content (AvgIpc) is 2.26. The van der Waals surface area contributed by atoms with Crippen LogP contribution in [0.1, 0.15) is 54.4 Å². The minimum Gasteiger partial charge on any atom is -0.665 e. The van der Waals surface area contributed by atoms with Crippen molar-refractivity contribution in [3.63, 3.8) is 0 Å². The third-order valence-corrected chi connectivity index (χ3v) is 3.04. The summed E-state index contributed by atoms with van der Waals surface area (Å²) in [6, 6.07) is 0.654. The summed E-state index contributed by atoms with van der Waals surface area (Å²) in [7, 11) is 4.10. The first-order chi connectivity index (χ1) is 7.39. The molecule has 0 N–H and O–H groups in total. The van der Waals surface area contributed by atoms with Gasteiger partial charge in [-0.25, -0.2) is 0 Å². The predicted octanol–water partition coefficient (Wildman–Crippen LogP) is 4.16. The van der Waals surface area contributed by atoms with Gasteiger partial charge in [-0.2, -0.15) is 7.05 Å². The van der Waals surface area contributed by atoms with Gasteiger partial charge in [0.25, 0.3) is 0 Å². The van der Waals surface area contributed by atoms with Crippen molar-refractivity contribution in [1.82, 2.24) is 4.90 Å². The van der Waals surface area contributed by atoms with Gasteiger partial charge in [-0.3, -0.25) is 0 Å². The summed E-state index contributed by atoms with van der Waals surface area (Å²) < 4.78 is 0. The summed E-state index contributed by atoms with van der Waals surface area (Å²) in [5, 5.41) is 4.17. The zero-order valence-electron chi connectivity index (χ0n) is 13.2. The van der Waals surface area contributed by atoms with Crippen LogP contribution in [0.5, 0.6) is 0 Å². The van der Waals surface area contributed by atoms with Crippen LogP contribution in [0, 0.1) is 5.41 Å². The number of hydrogen-bond donors (Lipinski definition) is 0. The molecule has 17 heavy (non-hydrogen) atoms. The second-order valence-corrected chi connectivity index (χ2v) is 5.28. The molecule has 0 aliphatic heterocycles. The van der Waals surface area contributed by atoms with Gasteiger partial charge in [-0.1, -0.05) is 34.1 Å². The Kier molecular flexibility index (Phi) is 17.3. The molecule has 0 rings (SSSR count). The topological polar surface area (TPSA) is 17.3 Å². The van der Waals surface area contributed by atoms with Crippen LogP contribution < -0.4 is 0 Å². The fourth-order valence-electron chi connectivity index (χ4n) is 1.28. The Balaban J connectivity index is -0.000000616. The maximum atomic E-state index is 4.17. The van der Waals surface area contributed by atoms with Crippen LogP contribution in [0.15, 0.2) is 0 Å². The quantitative estimate of drug-likeness (QED) is 0.684. The summed E-state index contributed by atoms with van der Waals surface area (Å²) in [5.41, 5.74) is 0.433. The molecule has 1 radical (unpaired) electrons. The standard InChI is InChI=1S/C12H27N2.C2H6.V/c1-11(2)14(6)10-8-12(3,4)7-9-13-5;1-2;/h11H,7-10H2,1-6H3;1-2H3;/q-1;;. The third-order valence-electron chi connectivity index (χ3n) is 3.04. The Hall–Kier alpha value is 0.504. The van der Waals surface area contributed by atoms with Gasteiger partial charge in [0.15, 0.2) is 0 Å². The van der Waals surface area contributed by atoms with E-state index in [1.165, 1.54) is 19.4 Å². The average molecular weight is 280 g/mol. The molecular weight excluding hydrogens is 247 g/mol. The van der Waals surface area contributed by atoms with E-state index in [-0.39, 0.29) is 18.6 Å². The smallest absolute Gasteiger partial charge is 0.00355 e. The van der Waals surface area contributed by atoms with Gasteiger partial charge in [-0.15, -0.1) is 6.54 Å². The van der Waals surface area contributed by atoms with E-state index in [0.717, 1.165) is 6.54 Å². The van der Waals surface area contributed by atoms with Gasteiger partial charge in [0.1, 0.15) is 0 Å². The largest absolute Gasteiger partial charge is 0.665 e. The Bertz CT molecular complexity index is 147. The van der Waals surface area contributed by atoms with Crippen molar-refractivity contribution in [3.05, 3.63) is 5.32 Å². The maximum Gasteiger partial charge on any atom is 0.00355 e. The molecule has 0 unspecified atom stereocenters. The molecule has 0 spiro atoms. The first-order valence-electron chi connectivity index (χ1n) is 6.65. The molecule has 0 aliphatic rings. The van der Waals surface area contributed by atoms with Crippen molar-refractivity contribution in [1.29, 1.82) is 0 Å². The van der Waals surface area contributed by atoms with Crippen LogP contribution in [0.4, 0.5) is 0 Å². The Morgan fingerprint density at radius 1 is 1.12 bits per heavy atom. The molecule has 0 aromatic heterocycles. The normalized spacial score (nSPS) is 10.9. The molecule has 0 saturated heterocycles. The van der Waals surface area contributed by atoms with Crippen LogP contribution in [0.3, 0.4) is 0 Å². The molecule has 0 aromatic carbocycles. The van der Waals surface area contributed by atoms with E-state index in [0.29, 0.717) is 11.5 Å². The Morgan fingerprint density at radius 3 is 1.94 bits per heavy atom. The summed E-state index contributed by atoms with van der Waals surface area (Å²) in [6.07, 6.45) is 2.46. The molecule has 0 atom stereocenters. The molecule has 105 valence electrons. The minimum atomic E-state index is 0. The van der Waals surface area contributed by atoms with Crippen LogP contribution in [-0.4, -0.2) is 38.1 Å². The molecular formula is C14H33N2V-. The molecule has 0 bridgehead atoms. The van der Waals surface area contributed by atoms with Crippen LogP contribution in [-0.2, 0) is 18.6 Å². The Labute approximate surface area is 122 Å². The molecule has 2 nitrogen and oxygen atoms in total. The molecule has 0 fully saturated rings. The van der Waals surface area contributed by atoms with Crippen molar-refractivity contribution in [2.24, 2.45) is 5.41 Å². The Morgan fingerprint density at radius 2 is 1.59 bits per heavy atom. The molecule has 0 heterocycles. The van der Waals surface area contributed by atoms with Gasteiger partial charge >= 0.3 is 0 Å². The van der Waals surface area contributed by atoms with E-state index in [4.69, 9.17) is 0 Å². The monoisotopic (exact) mass is 280 g/mol. The fraction of sp³-hybridized carbons (Fsp3) is 1.00. The van der Waals surface area contributed by atoms with E-state index in [1.54, 1.807) is 0 Å². The minimum absolute atomic E-state index is 0. The molecule has 0 saturated carbocycles. The second kappa shape index (κ2) is 12.9. The summed E-state index contributed by atoms with van der Waals surface area (Å²) in [4.78, 5) is 2.41. The third kappa shape index (κ3) is 14.4. The SMILES string of the molecule is CC.C[N-]CCC(C)(C)CCN(C)C(C)C.[V]. The van der Waals surface area contributed by atoms with E-state index in [2.05, 4.69) is 45.0 Å². The summed E-state index contributed by atoms with van der Waals surface area (Å²) in [5.74, 6) is 0. The van der Waals surface area contributed by atoms with Gasteiger partial charge in [0.2, 0.25) is 0 Å². The van der Waals surface area contributed by atoms with Gasteiger partial charge < -0.3 is 10.2 Å². The van der Waals surface area contributed by atoms with Crippen molar-refractivity contribution in [2.45, 2.75) is 60.4 Å². The van der Waals surface area contributed by atoms with Crippen LogP contribution in [0.2, 0.25) is 0 Å². The zero-order chi connectivity index (χ0) is 13.2. The first kappa shape index (κ1) is 22.7. The van der Waals surface area contributed by atoms with Crippen molar-refractivity contribution in [2.75, 3.05) is 27.2 Å². The van der Waals surface area contributed by atoms with Crippen LogP contribution in [0.25, 0.3) is 5.32 Å². The van der Waals surface area contributed by atoms with Gasteiger partial charge in [0, 0.05) is 24.6 Å². The molecule has 3 heteroatoms. The number of nitrogens with zero attached hydrogens (tertiary/aromatic N) is 2. The van der Waals surface area contributed by atoms with Gasteiger partial charge in [0.05, 0.1) is 0 Å². The van der Waals surface area contributed by atoms with E-state index >= 15 is 0 Å². The summed E-state index contributed by atoms with van der Waals surface area (Å²) in [6.45, 7) is 15.4. The fourth-order valence-corrected chi connectivity index (χ4v) is 1.28. The van der Waals surface area contributed by atoms with Gasteiger partial charge in [-0.05, 0) is 39.3 Å². The van der Waals surface area contributed by atoms with E-state index in [1.807, 2.05) is 20.9 Å². The summed E-state index contributed by atoms with van der Waals surface area (Å²) >= 11 is 0. The van der Waals surface area contributed by atoms with E-state index < -0.39 is 0 Å². The number of hydrogen-bond acceptors (Lipinski definition) is 1. The maximum absolute atomic E-state index is 4.17. The molecule has 0 aromatic rings. The molecule has 0 amide bonds. The first-order valence-corrected chi connectivity index (χ1v) is 6.65. The van der Waals surface area contributed by atoms with Crippen molar-refractivity contribution < 1.29 is 18.6 Å². The zero-order valence-corrected chi connectivity index (χ0v) is 14.6. The van der Waals surface area contributed by atoms with Crippen molar-refractivity contribution in [3.8, 4) is 0 Å². The molecule has 0 aliphatic carbocycles. The van der Waals surface area contributed by atoms with Crippen LogP contribution >= 0.6 is 0 Å². The van der Waals surface area contributed by atoms with Crippen molar-refractivity contribution >= 4 is 0 Å².